The smallest absolute Gasteiger partial charge is 0.410 e. The lowest BCUT2D eigenvalue weighted by Crippen LogP contribution is -2.60. The molecule has 25 heavy (non-hydrogen) atoms. The molecule has 3 aliphatic rings. The molecule has 3 amide bonds. The number of halogens is 1. The molecule has 132 valence electrons. The molecule has 3 fully saturated rings. The SMILES string of the molecule is O=C(N[C@H]1C[C@H]2C(=O)N3CCC[C@@H]3C(=O)N2C1)Oc1ccc(F)cc1. The van der Waals surface area contributed by atoms with E-state index in [-0.39, 0.29) is 29.6 Å². The summed E-state index contributed by atoms with van der Waals surface area (Å²) < 4.78 is 18.0. The molecule has 1 aromatic carbocycles. The van der Waals surface area contributed by atoms with E-state index in [1.165, 1.54) is 24.3 Å². The number of piperazine rings is 1. The predicted molar refractivity (Wildman–Crippen MR) is 84.2 cm³/mol. The number of benzene rings is 1. The van der Waals surface area contributed by atoms with Crippen molar-refractivity contribution in [3.8, 4) is 5.75 Å². The summed E-state index contributed by atoms with van der Waals surface area (Å²) in [6.07, 6.45) is 1.26. The number of carbonyl (C=O) groups excluding carboxylic acids is 3. The molecule has 3 aliphatic heterocycles. The zero-order valence-corrected chi connectivity index (χ0v) is 13.5. The Morgan fingerprint density at radius 2 is 1.84 bits per heavy atom. The van der Waals surface area contributed by atoms with Crippen LogP contribution in [0.2, 0.25) is 0 Å². The van der Waals surface area contributed by atoms with Gasteiger partial charge in [0, 0.05) is 13.1 Å². The summed E-state index contributed by atoms with van der Waals surface area (Å²) in [5, 5.41) is 2.69. The molecule has 0 unspecified atom stereocenters. The third-order valence-corrected chi connectivity index (χ3v) is 5.04. The maximum absolute atomic E-state index is 12.9. The Morgan fingerprint density at radius 3 is 2.60 bits per heavy atom. The van der Waals surface area contributed by atoms with Crippen LogP contribution in [0, 0.1) is 5.82 Å². The molecule has 0 radical (unpaired) electrons. The summed E-state index contributed by atoms with van der Waals surface area (Å²) in [7, 11) is 0. The van der Waals surface area contributed by atoms with Crippen molar-refractivity contribution < 1.29 is 23.5 Å². The van der Waals surface area contributed by atoms with Crippen LogP contribution in [-0.4, -0.2) is 58.9 Å². The number of amides is 3. The minimum atomic E-state index is -0.683. The van der Waals surface area contributed by atoms with Crippen molar-refractivity contribution in [2.75, 3.05) is 13.1 Å². The fraction of sp³-hybridized carbons (Fsp3) is 0.471. The number of carbonyl (C=O) groups is 3. The fourth-order valence-electron chi connectivity index (χ4n) is 3.89. The lowest BCUT2D eigenvalue weighted by Gasteiger charge is -2.38. The quantitative estimate of drug-likeness (QED) is 0.862. The summed E-state index contributed by atoms with van der Waals surface area (Å²) in [5.41, 5.74) is 0. The number of hydrogen-bond acceptors (Lipinski definition) is 4. The van der Waals surface area contributed by atoms with E-state index < -0.39 is 18.0 Å². The van der Waals surface area contributed by atoms with Crippen molar-refractivity contribution in [3.05, 3.63) is 30.1 Å². The van der Waals surface area contributed by atoms with E-state index in [1.807, 2.05) is 0 Å². The molecule has 7 nitrogen and oxygen atoms in total. The molecule has 0 spiro atoms. The van der Waals surface area contributed by atoms with Gasteiger partial charge in [-0.3, -0.25) is 9.59 Å². The Hall–Kier alpha value is -2.64. The number of nitrogens with one attached hydrogen (secondary N) is 1. The first kappa shape index (κ1) is 15.9. The van der Waals surface area contributed by atoms with Gasteiger partial charge in [0.25, 0.3) is 0 Å². The highest BCUT2D eigenvalue weighted by Crippen LogP contribution is 2.32. The van der Waals surface area contributed by atoms with Crippen molar-refractivity contribution in [2.45, 2.75) is 37.4 Å². The van der Waals surface area contributed by atoms with E-state index in [0.717, 1.165) is 6.42 Å². The van der Waals surface area contributed by atoms with Crippen molar-refractivity contribution in [1.29, 1.82) is 0 Å². The van der Waals surface area contributed by atoms with Gasteiger partial charge in [0.05, 0.1) is 6.04 Å². The second-order valence-corrected chi connectivity index (χ2v) is 6.62. The van der Waals surface area contributed by atoms with Gasteiger partial charge in [-0.2, -0.15) is 0 Å². The van der Waals surface area contributed by atoms with E-state index in [4.69, 9.17) is 4.74 Å². The second-order valence-electron chi connectivity index (χ2n) is 6.62. The molecule has 8 heteroatoms. The summed E-state index contributed by atoms with van der Waals surface area (Å²) in [6.45, 7) is 0.933. The van der Waals surface area contributed by atoms with Crippen molar-refractivity contribution >= 4 is 17.9 Å². The topological polar surface area (TPSA) is 79.0 Å². The van der Waals surface area contributed by atoms with Crippen molar-refractivity contribution in [2.24, 2.45) is 0 Å². The molecule has 3 saturated heterocycles. The Morgan fingerprint density at radius 1 is 1.12 bits per heavy atom. The zero-order valence-electron chi connectivity index (χ0n) is 13.5. The van der Waals surface area contributed by atoms with Crippen LogP contribution in [-0.2, 0) is 9.59 Å². The number of hydrogen-bond donors (Lipinski definition) is 1. The van der Waals surface area contributed by atoms with Gasteiger partial charge in [-0.15, -0.1) is 0 Å². The maximum Gasteiger partial charge on any atom is 0.412 e. The normalized spacial score (nSPS) is 28.0. The van der Waals surface area contributed by atoms with Gasteiger partial charge in [0.1, 0.15) is 23.7 Å². The van der Waals surface area contributed by atoms with Gasteiger partial charge in [0.2, 0.25) is 11.8 Å². The van der Waals surface area contributed by atoms with E-state index in [9.17, 15) is 18.8 Å². The Balaban J connectivity index is 1.39. The largest absolute Gasteiger partial charge is 0.412 e. The Bertz CT molecular complexity index is 693. The summed E-state index contributed by atoms with van der Waals surface area (Å²) >= 11 is 0. The third-order valence-electron chi connectivity index (χ3n) is 5.04. The zero-order chi connectivity index (χ0) is 17.6. The fourth-order valence-corrected chi connectivity index (χ4v) is 3.89. The van der Waals surface area contributed by atoms with Crippen LogP contribution in [0.3, 0.4) is 0 Å². The summed E-state index contributed by atoms with van der Waals surface area (Å²) in [4.78, 5) is 40.3. The molecule has 0 aliphatic carbocycles. The number of nitrogens with zero attached hydrogens (tertiary/aromatic N) is 2. The van der Waals surface area contributed by atoms with E-state index in [1.54, 1.807) is 9.80 Å². The van der Waals surface area contributed by atoms with E-state index in [2.05, 4.69) is 5.32 Å². The van der Waals surface area contributed by atoms with Crippen LogP contribution in [0.5, 0.6) is 5.75 Å². The van der Waals surface area contributed by atoms with Gasteiger partial charge in [-0.25, -0.2) is 9.18 Å². The van der Waals surface area contributed by atoms with E-state index in [0.29, 0.717) is 25.9 Å². The molecule has 3 atom stereocenters. The van der Waals surface area contributed by atoms with Crippen molar-refractivity contribution in [3.63, 3.8) is 0 Å². The number of ether oxygens (including phenoxy) is 1. The molecule has 4 rings (SSSR count). The Kier molecular flexibility index (Phi) is 3.82. The molecule has 3 heterocycles. The highest BCUT2D eigenvalue weighted by molar-refractivity contribution is 5.98. The minimum absolute atomic E-state index is 0.0294. The first-order chi connectivity index (χ1) is 12.0. The maximum atomic E-state index is 12.9. The Labute approximate surface area is 143 Å². The summed E-state index contributed by atoms with van der Waals surface area (Å²) in [5.74, 6) is -0.253. The summed E-state index contributed by atoms with van der Waals surface area (Å²) in [6, 6.07) is 3.92. The highest BCUT2D eigenvalue weighted by atomic mass is 19.1. The van der Waals surface area contributed by atoms with E-state index >= 15 is 0 Å². The number of fused-ring (bicyclic) bond motifs is 2. The lowest BCUT2D eigenvalue weighted by molar-refractivity contribution is -0.156. The standard InChI is InChI=1S/C17H18FN3O4/c18-10-3-5-12(6-4-10)25-17(24)19-11-8-14-16(23)20-7-1-2-13(20)15(22)21(14)9-11/h3-6,11,13-14H,1-2,7-9H2,(H,19,24)/t11-,13+,14-/m0/s1. The molecule has 0 bridgehead atoms. The molecule has 0 aromatic heterocycles. The average Bonchev–Trinajstić information content (AvgIpc) is 3.22. The van der Waals surface area contributed by atoms with Crippen LogP contribution in [0.25, 0.3) is 0 Å². The van der Waals surface area contributed by atoms with Crippen molar-refractivity contribution in [1.82, 2.24) is 15.1 Å². The average molecular weight is 347 g/mol. The lowest BCUT2D eigenvalue weighted by atomic mass is 10.1. The van der Waals surface area contributed by atoms with Crippen LogP contribution >= 0.6 is 0 Å². The van der Waals surface area contributed by atoms with Gasteiger partial charge in [-0.05, 0) is 43.5 Å². The minimum Gasteiger partial charge on any atom is -0.410 e. The third kappa shape index (κ3) is 2.81. The first-order valence-electron chi connectivity index (χ1n) is 8.38. The number of rotatable bonds is 2. The first-order valence-corrected chi connectivity index (χ1v) is 8.38. The highest BCUT2D eigenvalue weighted by Gasteiger charge is 2.51. The van der Waals surface area contributed by atoms with Crippen LogP contribution in [0.4, 0.5) is 9.18 Å². The van der Waals surface area contributed by atoms with Crippen LogP contribution in [0.15, 0.2) is 24.3 Å². The van der Waals surface area contributed by atoms with Gasteiger partial charge in [0.15, 0.2) is 0 Å². The molecule has 0 saturated carbocycles. The van der Waals surface area contributed by atoms with Gasteiger partial charge < -0.3 is 19.9 Å². The van der Waals surface area contributed by atoms with Gasteiger partial charge >= 0.3 is 6.09 Å². The molecular weight excluding hydrogens is 329 g/mol. The second kappa shape index (κ2) is 6.02. The molecule has 1 aromatic rings. The predicted octanol–water partition coefficient (Wildman–Crippen LogP) is 0.888. The monoisotopic (exact) mass is 347 g/mol. The van der Waals surface area contributed by atoms with Crippen LogP contribution in [0.1, 0.15) is 19.3 Å². The molecule has 1 N–H and O–H groups in total. The van der Waals surface area contributed by atoms with Gasteiger partial charge in [-0.1, -0.05) is 0 Å². The molecular formula is C17H18FN3O4. The van der Waals surface area contributed by atoms with Crippen LogP contribution < -0.4 is 10.1 Å².